The molecule has 9 heteroatoms. The molecule has 1 heterocycles. The second-order valence-electron chi connectivity index (χ2n) is 5.56. The maximum Gasteiger partial charge on any atom is 0.279 e. The maximum atomic E-state index is 12.5. The molecular weight excluding hydrogens is 384 g/mol. The van der Waals surface area contributed by atoms with Crippen molar-refractivity contribution >= 4 is 37.5 Å². The molecule has 27 heavy (non-hydrogen) atoms. The van der Waals surface area contributed by atoms with Crippen LogP contribution in [0.1, 0.15) is 15.9 Å². The SMILES string of the molecule is C=CCn1c(=NC(=O)c2ccc(C#N)cc2)sc2cc(S(N)(=O)=O)ccc21. The van der Waals surface area contributed by atoms with Crippen molar-refractivity contribution in [3.8, 4) is 6.07 Å². The molecule has 0 radical (unpaired) electrons. The summed E-state index contributed by atoms with van der Waals surface area (Å²) in [7, 11) is -3.83. The molecule has 0 saturated heterocycles. The molecule has 136 valence electrons. The second-order valence-corrected chi connectivity index (χ2v) is 8.14. The van der Waals surface area contributed by atoms with Gasteiger partial charge in [-0.25, -0.2) is 13.6 Å². The summed E-state index contributed by atoms with van der Waals surface area (Å²) >= 11 is 1.18. The van der Waals surface area contributed by atoms with E-state index in [4.69, 9.17) is 10.4 Å². The highest BCUT2D eigenvalue weighted by Crippen LogP contribution is 2.21. The van der Waals surface area contributed by atoms with Crippen LogP contribution in [0.4, 0.5) is 0 Å². The number of carbonyl (C=O) groups is 1. The number of rotatable bonds is 4. The lowest BCUT2D eigenvalue weighted by Gasteiger charge is -2.02. The van der Waals surface area contributed by atoms with Crippen molar-refractivity contribution in [2.75, 3.05) is 0 Å². The van der Waals surface area contributed by atoms with Crippen LogP contribution < -0.4 is 9.94 Å². The summed E-state index contributed by atoms with van der Waals surface area (Å²) in [5.41, 5.74) is 1.52. The Hall–Kier alpha value is -3.06. The number of nitriles is 1. The summed E-state index contributed by atoms with van der Waals surface area (Å²) in [6.07, 6.45) is 1.66. The number of thiazole rings is 1. The van der Waals surface area contributed by atoms with E-state index in [1.165, 1.54) is 35.6 Å². The number of fused-ring (bicyclic) bond motifs is 1. The molecule has 0 aliphatic heterocycles. The molecule has 0 aliphatic carbocycles. The van der Waals surface area contributed by atoms with Crippen LogP contribution in [0.2, 0.25) is 0 Å². The minimum atomic E-state index is -3.83. The van der Waals surface area contributed by atoms with Crippen molar-refractivity contribution < 1.29 is 13.2 Å². The van der Waals surface area contributed by atoms with Gasteiger partial charge in [-0.15, -0.1) is 6.58 Å². The predicted molar refractivity (Wildman–Crippen MR) is 102 cm³/mol. The number of nitrogens with two attached hydrogens (primary N) is 1. The quantitative estimate of drug-likeness (QED) is 0.677. The van der Waals surface area contributed by atoms with Gasteiger partial charge in [-0.3, -0.25) is 4.79 Å². The van der Waals surface area contributed by atoms with E-state index in [0.29, 0.717) is 27.2 Å². The summed E-state index contributed by atoms with van der Waals surface area (Å²) in [5.74, 6) is -0.462. The zero-order valence-electron chi connectivity index (χ0n) is 14.0. The third-order valence-electron chi connectivity index (χ3n) is 3.75. The summed E-state index contributed by atoms with van der Waals surface area (Å²) in [5, 5.41) is 14.0. The normalized spacial score (nSPS) is 12.1. The van der Waals surface area contributed by atoms with Gasteiger partial charge >= 0.3 is 0 Å². The van der Waals surface area contributed by atoms with Crippen LogP contribution in [-0.4, -0.2) is 18.9 Å². The topological polar surface area (TPSA) is 118 Å². The number of carbonyl (C=O) groups excluding carboxylic acids is 1. The molecule has 0 atom stereocenters. The van der Waals surface area contributed by atoms with Gasteiger partial charge in [0.1, 0.15) is 0 Å². The van der Waals surface area contributed by atoms with Gasteiger partial charge in [-0.05, 0) is 42.5 Å². The van der Waals surface area contributed by atoms with Crippen molar-refractivity contribution in [3.63, 3.8) is 0 Å². The molecule has 0 aliphatic rings. The number of sulfonamides is 1. The van der Waals surface area contributed by atoms with E-state index in [9.17, 15) is 13.2 Å². The number of aromatic nitrogens is 1. The lowest BCUT2D eigenvalue weighted by Crippen LogP contribution is -2.16. The molecule has 0 fully saturated rings. The highest BCUT2D eigenvalue weighted by molar-refractivity contribution is 7.89. The summed E-state index contributed by atoms with van der Waals surface area (Å²) in [6.45, 7) is 4.10. The first kappa shape index (κ1) is 18.7. The Morgan fingerprint density at radius 2 is 2.00 bits per heavy atom. The molecule has 1 aromatic heterocycles. The highest BCUT2D eigenvalue weighted by Gasteiger charge is 2.13. The van der Waals surface area contributed by atoms with Crippen LogP contribution in [0.5, 0.6) is 0 Å². The Morgan fingerprint density at radius 3 is 2.59 bits per heavy atom. The molecule has 0 unspecified atom stereocenters. The zero-order valence-corrected chi connectivity index (χ0v) is 15.6. The van der Waals surface area contributed by atoms with Gasteiger partial charge in [0.15, 0.2) is 4.80 Å². The molecular formula is C18H14N4O3S2. The van der Waals surface area contributed by atoms with Crippen LogP contribution in [0.25, 0.3) is 10.2 Å². The minimum absolute atomic E-state index is 0.00743. The molecule has 3 rings (SSSR count). The van der Waals surface area contributed by atoms with E-state index >= 15 is 0 Å². The van der Waals surface area contributed by atoms with E-state index in [2.05, 4.69) is 11.6 Å². The number of hydrogen-bond donors (Lipinski definition) is 1. The molecule has 2 N–H and O–H groups in total. The third kappa shape index (κ3) is 3.88. The first-order valence-corrected chi connectivity index (χ1v) is 10.1. The molecule has 1 amide bonds. The fourth-order valence-electron chi connectivity index (χ4n) is 2.46. The summed E-state index contributed by atoms with van der Waals surface area (Å²) in [6, 6.07) is 12.6. The molecule has 0 saturated carbocycles. The average Bonchev–Trinajstić information content (AvgIpc) is 2.98. The standard InChI is InChI=1S/C18H14N4O3S2/c1-2-9-22-15-8-7-14(27(20,24)25)10-16(15)26-18(22)21-17(23)13-5-3-12(11-19)4-6-13/h2-8,10H,1,9H2,(H2,20,24,25). The van der Waals surface area contributed by atoms with Crippen LogP contribution >= 0.6 is 11.3 Å². The number of hydrogen-bond acceptors (Lipinski definition) is 5. The number of allylic oxidation sites excluding steroid dienone is 1. The number of nitrogens with zero attached hydrogens (tertiary/aromatic N) is 3. The Morgan fingerprint density at radius 1 is 1.30 bits per heavy atom. The van der Waals surface area contributed by atoms with Gasteiger partial charge in [0.25, 0.3) is 5.91 Å². The minimum Gasteiger partial charge on any atom is -0.312 e. The number of benzene rings is 2. The van der Waals surface area contributed by atoms with Crippen molar-refractivity contribution in [2.24, 2.45) is 10.1 Å². The molecule has 0 spiro atoms. The fraction of sp³-hybridized carbons (Fsp3) is 0.0556. The number of primary sulfonamides is 1. The Labute approximate surface area is 159 Å². The molecule has 2 aromatic carbocycles. The van der Waals surface area contributed by atoms with Crippen molar-refractivity contribution in [1.29, 1.82) is 5.26 Å². The van der Waals surface area contributed by atoms with Gasteiger partial charge in [-0.1, -0.05) is 17.4 Å². The summed E-state index contributed by atoms with van der Waals surface area (Å²) in [4.78, 5) is 17.0. The lowest BCUT2D eigenvalue weighted by atomic mass is 10.1. The zero-order chi connectivity index (χ0) is 19.6. The van der Waals surface area contributed by atoms with Crippen LogP contribution in [0.15, 0.2) is 65.0 Å². The Bertz CT molecular complexity index is 1260. The van der Waals surface area contributed by atoms with Crippen molar-refractivity contribution in [3.05, 3.63) is 71.0 Å². The van der Waals surface area contributed by atoms with Gasteiger partial charge in [-0.2, -0.15) is 10.3 Å². The molecule has 3 aromatic rings. The first-order valence-electron chi connectivity index (χ1n) is 7.70. The van der Waals surface area contributed by atoms with E-state index in [-0.39, 0.29) is 4.90 Å². The summed E-state index contributed by atoms with van der Waals surface area (Å²) < 4.78 is 25.5. The van der Waals surface area contributed by atoms with E-state index in [0.717, 1.165) is 5.52 Å². The first-order chi connectivity index (χ1) is 12.8. The Balaban J connectivity index is 2.15. The van der Waals surface area contributed by atoms with Gasteiger partial charge in [0.2, 0.25) is 10.0 Å². The van der Waals surface area contributed by atoms with Gasteiger partial charge < -0.3 is 4.57 Å². The molecule has 7 nitrogen and oxygen atoms in total. The van der Waals surface area contributed by atoms with Crippen LogP contribution in [-0.2, 0) is 16.6 Å². The van der Waals surface area contributed by atoms with Crippen molar-refractivity contribution in [2.45, 2.75) is 11.4 Å². The fourth-order valence-corrected chi connectivity index (χ4v) is 4.15. The number of amides is 1. The van der Waals surface area contributed by atoms with Gasteiger partial charge in [0.05, 0.1) is 26.7 Å². The Kier molecular flexibility index (Phi) is 5.05. The smallest absolute Gasteiger partial charge is 0.279 e. The second kappa shape index (κ2) is 7.28. The van der Waals surface area contributed by atoms with E-state index in [1.54, 1.807) is 28.8 Å². The largest absolute Gasteiger partial charge is 0.312 e. The molecule has 0 bridgehead atoms. The van der Waals surface area contributed by atoms with Gasteiger partial charge in [0, 0.05) is 12.1 Å². The van der Waals surface area contributed by atoms with Crippen LogP contribution in [0.3, 0.4) is 0 Å². The monoisotopic (exact) mass is 398 g/mol. The average molecular weight is 398 g/mol. The van der Waals surface area contributed by atoms with Crippen LogP contribution in [0, 0.1) is 11.3 Å². The lowest BCUT2D eigenvalue weighted by molar-refractivity contribution is 0.0998. The van der Waals surface area contributed by atoms with E-state index in [1.807, 2.05) is 6.07 Å². The van der Waals surface area contributed by atoms with E-state index < -0.39 is 15.9 Å². The third-order valence-corrected chi connectivity index (χ3v) is 5.70. The maximum absolute atomic E-state index is 12.5. The predicted octanol–water partition coefficient (Wildman–Crippen LogP) is 2.15. The van der Waals surface area contributed by atoms with Crippen molar-refractivity contribution in [1.82, 2.24) is 4.57 Å². The highest BCUT2D eigenvalue weighted by atomic mass is 32.2.